The number of H-pyrrole nitrogens is 2. The zero-order chi connectivity index (χ0) is 29.3. The van der Waals surface area contributed by atoms with Gasteiger partial charge in [-0.3, -0.25) is 4.79 Å². The van der Waals surface area contributed by atoms with Crippen LogP contribution in [-0.4, -0.2) is 75.1 Å². The quantitative estimate of drug-likeness (QED) is 0.189. The molecular weight excluding hydrogens is 544 g/mol. The Morgan fingerprint density at radius 1 is 1.02 bits per heavy atom. The van der Waals surface area contributed by atoms with Gasteiger partial charge in [0.25, 0.3) is 5.91 Å². The number of methoxy groups -OCH3 is 1. The number of imidazole rings is 1. The third-order valence-electron chi connectivity index (χ3n) is 8.16. The van der Waals surface area contributed by atoms with E-state index in [0.29, 0.717) is 34.5 Å². The van der Waals surface area contributed by atoms with Crippen molar-refractivity contribution >= 4 is 28.6 Å². The molecule has 220 valence electrons. The van der Waals surface area contributed by atoms with Crippen molar-refractivity contribution in [2.75, 3.05) is 32.6 Å². The van der Waals surface area contributed by atoms with Gasteiger partial charge in [-0.2, -0.15) is 9.97 Å². The molecule has 4 N–H and O–H groups in total. The molecular formula is C32H34N8O3. The molecule has 2 fully saturated rings. The number of carbonyl (C=O) groups is 1. The van der Waals surface area contributed by atoms with E-state index < -0.39 is 0 Å². The predicted octanol–water partition coefficient (Wildman–Crippen LogP) is 5.13. The second-order valence-corrected chi connectivity index (χ2v) is 11.2. The molecule has 1 amide bonds. The van der Waals surface area contributed by atoms with Crippen molar-refractivity contribution in [3.63, 3.8) is 0 Å². The van der Waals surface area contributed by atoms with Crippen LogP contribution in [0.3, 0.4) is 0 Å². The average molecular weight is 579 g/mol. The Kier molecular flexibility index (Phi) is 7.15. The zero-order valence-electron chi connectivity index (χ0n) is 24.2. The molecule has 0 atom stereocenters. The van der Waals surface area contributed by atoms with Gasteiger partial charge in [-0.1, -0.05) is 24.3 Å². The monoisotopic (exact) mass is 578 g/mol. The summed E-state index contributed by atoms with van der Waals surface area (Å²) in [5, 5.41) is 7.19. The summed E-state index contributed by atoms with van der Waals surface area (Å²) in [5.74, 6) is 2.12. The fraction of sp³-hybridized carbons (Fsp3) is 0.312. The lowest BCUT2D eigenvalue weighted by molar-refractivity contribution is 0.0857. The summed E-state index contributed by atoms with van der Waals surface area (Å²) in [7, 11) is 3.61. The smallest absolute Gasteiger partial charge is 0.251 e. The number of hydrogen-bond donors (Lipinski definition) is 4. The lowest BCUT2D eigenvalue weighted by Gasteiger charge is -2.36. The first kappa shape index (κ1) is 27.0. The summed E-state index contributed by atoms with van der Waals surface area (Å²) >= 11 is 0. The number of ether oxygens (including phenoxy) is 2. The van der Waals surface area contributed by atoms with Crippen LogP contribution in [0.2, 0.25) is 0 Å². The largest absolute Gasteiger partial charge is 0.495 e. The standard InChI is InChI=1S/C32H34N8O3/c1-40-17-22(18-40)36-30(41)21-11-12-25(26(15-21)42-2)37-32-38-29-27(31(39-32)43-23-5-3-4-6-23)24(16-35-29)19-7-9-20(10-8-19)28-33-13-14-34-28/h7-16,22-23H,3-6,17-18H2,1-2H3,(H,33,34)(H,36,41)(H2,35,37,38,39). The number of benzene rings is 2. The maximum Gasteiger partial charge on any atom is 0.251 e. The van der Waals surface area contributed by atoms with Crippen molar-refractivity contribution < 1.29 is 14.3 Å². The fourth-order valence-electron chi connectivity index (χ4n) is 5.88. The van der Waals surface area contributed by atoms with Crippen LogP contribution in [0.15, 0.2) is 61.1 Å². The van der Waals surface area contributed by atoms with Gasteiger partial charge < -0.3 is 35.0 Å². The van der Waals surface area contributed by atoms with Crippen LogP contribution in [0.4, 0.5) is 11.6 Å². The molecule has 4 heterocycles. The van der Waals surface area contributed by atoms with Crippen molar-refractivity contribution in [1.29, 1.82) is 0 Å². The van der Waals surface area contributed by atoms with Gasteiger partial charge in [0, 0.05) is 48.4 Å². The van der Waals surface area contributed by atoms with Crippen molar-refractivity contribution in [2.24, 2.45) is 0 Å². The number of nitrogens with zero attached hydrogens (tertiary/aromatic N) is 4. The van der Waals surface area contributed by atoms with Crippen molar-refractivity contribution in [3.05, 3.63) is 66.6 Å². The molecule has 0 unspecified atom stereocenters. The van der Waals surface area contributed by atoms with E-state index in [2.05, 4.69) is 42.6 Å². The molecule has 1 saturated carbocycles. The Labute approximate surface area is 249 Å². The maximum absolute atomic E-state index is 12.8. The molecule has 1 saturated heterocycles. The van der Waals surface area contributed by atoms with Crippen molar-refractivity contribution in [2.45, 2.75) is 37.8 Å². The molecule has 5 aromatic rings. The second-order valence-electron chi connectivity index (χ2n) is 11.2. The van der Waals surface area contributed by atoms with E-state index in [4.69, 9.17) is 19.4 Å². The number of likely N-dealkylation sites (N-methyl/N-ethyl adjacent to an activating group) is 1. The molecule has 1 aliphatic heterocycles. The molecule has 11 heteroatoms. The van der Waals surface area contributed by atoms with Crippen LogP contribution in [0.5, 0.6) is 11.6 Å². The molecule has 0 radical (unpaired) electrons. The highest BCUT2D eigenvalue weighted by atomic mass is 16.5. The number of rotatable bonds is 9. The van der Waals surface area contributed by atoms with E-state index in [1.165, 1.54) is 0 Å². The highest BCUT2D eigenvalue weighted by Crippen LogP contribution is 2.38. The molecule has 43 heavy (non-hydrogen) atoms. The Morgan fingerprint density at radius 3 is 2.53 bits per heavy atom. The highest BCUT2D eigenvalue weighted by Gasteiger charge is 2.26. The first-order chi connectivity index (χ1) is 21.0. The summed E-state index contributed by atoms with van der Waals surface area (Å²) in [4.78, 5) is 35.4. The van der Waals surface area contributed by atoms with E-state index in [0.717, 1.165) is 66.7 Å². The lowest BCUT2D eigenvalue weighted by atomic mass is 10.0. The average Bonchev–Trinajstić information content (AvgIpc) is 3.79. The van der Waals surface area contributed by atoms with Gasteiger partial charge in [0.2, 0.25) is 11.8 Å². The van der Waals surface area contributed by atoms with Crippen LogP contribution < -0.4 is 20.1 Å². The SMILES string of the molecule is COc1cc(C(=O)NC2CN(C)C2)ccc1Nc1nc(OC2CCCC2)c2c(-c3ccc(-c4ncc[nH]4)cc3)c[nH]c2n1. The summed E-state index contributed by atoms with van der Waals surface area (Å²) in [5.41, 5.74) is 4.83. The van der Waals surface area contributed by atoms with Crippen molar-refractivity contribution in [1.82, 2.24) is 35.1 Å². The number of anilines is 2. The minimum atomic E-state index is -0.121. The van der Waals surface area contributed by atoms with E-state index in [1.807, 2.05) is 37.6 Å². The number of aromatic nitrogens is 5. The normalized spacial score (nSPS) is 15.9. The van der Waals surface area contributed by atoms with E-state index in [9.17, 15) is 4.79 Å². The van der Waals surface area contributed by atoms with E-state index in [-0.39, 0.29) is 18.1 Å². The third-order valence-corrected chi connectivity index (χ3v) is 8.16. The second kappa shape index (κ2) is 11.4. The van der Waals surface area contributed by atoms with Crippen LogP contribution in [0, 0.1) is 0 Å². The van der Waals surface area contributed by atoms with Gasteiger partial charge in [-0.05, 0) is 56.5 Å². The molecule has 2 aromatic carbocycles. The summed E-state index contributed by atoms with van der Waals surface area (Å²) in [6, 6.07) is 13.7. The number of amides is 1. The van der Waals surface area contributed by atoms with Gasteiger partial charge in [0.05, 0.1) is 24.2 Å². The molecule has 11 nitrogen and oxygen atoms in total. The number of nitrogens with one attached hydrogen (secondary N) is 4. The number of fused-ring (bicyclic) bond motifs is 1. The number of hydrogen-bond acceptors (Lipinski definition) is 8. The summed E-state index contributed by atoms with van der Waals surface area (Å²) < 4.78 is 12.2. The molecule has 2 aliphatic rings. The predicted molar refractivity (Wildman–Crippen MR) is 165 cm³/mol. The van der Waals surface area contributed by atoms with Gasteiger partial charge >= 0.3 is 0 Å². The number of likely N-dealkylation sites (tertiary alicyclic amines) is 1. The van der Waals surface area contributed by atoms with Crippen LogP contribution in [0.1, 0.15) is 36.0 Å². The Bertz CT molecular complexity index is 1740. The molecule has 1 aliphatic carbocycles. The molecule has 0 spiro atoms. The van der Waals surface area contributed by atoms with Gasteiger partial charge in [-0.15, -0.1) is 0 Å². The summed E-state index contributed by atoms with van der Waals surface area (Å²) in [6.07, 6.45) is 9.90. The fourth-order valence-corrected chi connectivity index (χ4v) is 5.88. The minimum Gasteiger partial charge on any atom is -0.495 e. The molecule has 3 aromatic heterocycles. The van der Waals surface area contributed by atoms with Crippen LogP contribution in [0.25, 0.3) is 33.5 Å². The highest BCUT2D eigenvalue weighted by molar-refractivity contribution is 5.98. The Morgan fingerprint density at radius 2 is 1.81 bits per heavy atom. The van der Waals surface area contributed by atoms with Gasteiger partial charge in [0.15, 0.2) is 0 Å². The van der Waals surface area contributed by atoms with E-state index in [1.54, 1.807) is 25.4 Å². The minimum absolute atomic E-state index is 0.109. The maximum atomic E-state index is 12.8. The topological polar surface area (TPSA) is 133 Å². The van der Waals surface area contributed by atoms with Gasteiger partial charge in [-0.25, -0.2) is 4.98 Å². The Balaban J connectivity index is 1.19. The molecule has 7 rings (SSSR count). The lowest BCUT2D eigenvalue weighted by Crippen LogP contribution is -2.57. The van der Waals surface area contributed by atoms with Crippen LogP contribution in [-0.2, 0) is 0 Å². The zero-order valence-corrected chi connectivity index (χ0v) is 24.2. The first-order valence-corrected chi connectivity index (χ1v) is 14.6. The van der Waals surface area contributed by atoms with Crippen molar-refractivity contribution in [3.8, 4) is 34.1 Å². The van der Waals surface area contributed by atoms with E-state index >= 15 is 0 Å². The summed E-state index contributed by atoms with van der Waals surface area (Å²) in [6.45, 7) is 1.70. The number of aromatic amines is 2. The first-order valence-electron chi connectivity index (χ1n) is 14.6. The Hall–Kier alpha value is -4.90. The van der Waals surface area contributed by atoms with Crippen LogP contribution >= 0.6 is 0 Å². The molecule has 0 bridgehead atoms. The third kappa shape index (κ3) is 5.51. The number of carbonyl (C=O) groups excluding carboxylic acids is 1. The van der Waals surface area contributed by atoms with Gasteiger partial charge in [0.1, 0.15) is 23.3 Å².